The van der Waals surface area contributed by atoms with E-state index in [1.54, 1.807) is 0 Å². The number of rotatable bonds is 2. The quantitative estimate of drug-likeness (QED) is 0.827. The normalized spacial score (nSPS) is 11.4. The zero-order valence-electron chi connectivity index (χ0n) is 9.17. The highest BCUT2D eigenvalue weighted by molar-refractivity contribution is 6.30. The summed E-state index contributed by atoms with van der Waals surface area (Å²) in [5, 5.41) is 2.66. The number of hydrogen-bond acceptors (Lipinski definition) is 3. The molecule has 1 heterocycles. The largest absolute Gasteiger partial charge is 0.418 e. The summed E-state index contributed by atoms with van der Waals surface area (Å²) in [6, 6.07) is 4.73. The van der Waals surface area contributed by atoms with E-state index in [0.717, 1.165) is 12.4 Å². The van der Waals surface area contributed by atoms with Crippen LogP contribution in [0.1, 0.15) is 5.56 Å². The standard InChI is InChI=1S/C11H6Cl2F3N3/c12-6-1-2-8(7(3-6)11(14,15)16)19-10-4-9(13)17-5-18-10/h1-5H,(H,17,18,19). The first-order valence-corrected chi connectivity index (χ1v) is 5.73. The summed E-state index contributed by atoms with van der Waals surface area (Å²) < 4.78 is 38.6. The van der Waals surface area contributed by atoms with Gasteiger partial charge in [0.1, 0.15) is 17.3 Å². The van der Waals surface area contributed by atoms with Crippen LogP contribution in [0.25, 0.3) is 0 Å². The van der Waals surface area contributed by atoms with Crippen molar-refractivity contribution in [3.05, 3.63) is 46.3 Å². The Morgan fingerprint density at radius 3 is 2.42 bits per heavy atom. The van der Waals surface area contributed by atoms with Crippen LogP contribution in [0.15, 0.2) is 30.6 Å². The summed E-state index contributed by atoms with van der Waals surface area (Å²) in [6.07, 6.45) is -3.38. The molecule has 0 spiro atoms. The third-order valence-electron chi connectivity index (χ3n) is 2.18. The van der Waals surface area contributed by atoms with Crippen molar-refractivity contribution in [3.63, 3.8) is 0 Å². The molecule has 0 unspecified atom stereocenters. The minimum absolute atomic E-state index is 0.00130. The zero-order valence-corrected chi connectivity index (χ0v) is 10.7. The SMILES string of the molecule is FC(F)(F)c1cc(Cl)ccc1Nc1cc(Cl)ncn1. The Balaban J connectivity index is 2.40. The van der Waals surface area contributed by atoms with Crippen LogP contribution in [0.2, 0.25) is 10.2 Å². The Hall–Kier alpha value is -1.53. The van der Waals surface area contributed by atoms with Crippen molar-refractivity contribution in [2.24, 2.45) is 0 Å². The van der Waals surface area contributed by atoms with Crippen molar-refractivity contribution in [2.75, 3.05) is 5.32 Å². The number of alkyl halides is 3. The lowest BCUT2D eigenvalue weighted by Gasteiger charge is -2.14. The predicted octanol–water partition coefficient (Wildman–Crippen LogP) is 4.55. The molecule has 1 aromatic carbocycles. The van der Waals surface area contributed by atoms with Crippen molar-refractivity contribution in [1.82, 2.24) is 9.97 Å². The Kier molecular flexibility index (Phi) is 3.82. The fourth-order valence-electron chi connectivity index (χ4n) is 1.40. The van der Waals surface area contributed by atoms with Gasteiger partial charge in [0, 0.05) is 11.1 Å². The topological polar surface area (TPSA) is 37.8 Å². The zero-order chi connectivity index (χ0) is 14.0. The Labute approximate surface area is 116 Å². The number of nitrogens with one attached hydrogen (secondary N) is 1. The van der Waals surface area contributed by atoms with Crippen LogP contribution in [0.3, 0.4) is 0 Å². The highest BCUT2D eigenvalue weighted by Gasteiger charge is 2.33. The van der Waals surface area contributed by atoms with Crippen LogP contribution < -0.4 is 5.32 Å². The second-order valence-electron chi connectivity index (χ2n) is 3.54. The average Bonchev–Trinajstić information content (AvgIpc) is 2.30. The van der Waals surface area contributed by atoms with E-state index < -0.39 is 11.7 Å². The van der Waals surface area contributed by atoms with Crippen molar-refractivity contribution in [3.8, 4) is 0 Å². The molecule has 0 radical (unpaired) electrons. The van der Waals surface area contributed by atoms with Gasteiger partial charge in [0.2, 0.25) is 0 Å². The van der Waals surface area contributed by atoms with Crippen LogP contribution >= 0.6 is 23.2 Å². The van der Waals surface area contributed by atoms with Crippen LogP contribution in [0.5, 0.6) is 0 Å². The molecule has 0 aliphatic rings. The summed E-state index contributed by atoms with van der Waals surface area (Å²) in [5.74, 6) is 0.160. The van der Waals surface area contributed by atoms with E-state index in [1.165, 1.54) is 18.2 Å². The molecule has 2 aromatic rings. The Morgan fingerprint density at radius 1 is 1.05 bits per heavy atom. The van der Waals surface area contributed by atoms with E-state index in [2.05, 4.69) is 15.3 Å². The second-order valence-corrected chi connectivity index (χ2v) is 4.36. The van der Waals surface area contributed by atoms with Gasteiger partial charge in [0.05, 0.1) is 11.3 Å². The van der Waals surface area contributed by atoms with E-state index in [-0.39, 0.29) is 21.7 Å². The fourth-order valence-corrected chi connectivity index (χ4v) is 1.72. The van der Waals surface area contributed by atoms with Crippen LogP contribution in [-0.2, 0) is 6.18 Å². The Bertz CT molecular complexity index is 602. The third kappa shape index (κ3) is 3.48. The fraction of sp³-hybridized carbons (Fsp3) is 0.0909. The van der Waals surface area contributed by atoms with Crippen molar-refractivity contribution >= 4 is 34.7 Å². The highest BCUT2D eigenvalue weighted by Crippen LogP contribution is 2.37. The summed E-state index contributed by atoms with van der Waals surface area (Å²) in [6.45, 7) is 0. The molecule has 0 aliphatic carbocycles. The molecule has 0 saturated heterocycles. The van der Waals surface area contributed by atoms with Crippen molar-refractivity contribution in [2.45, 2.75) is 6.18 Å². The maximum absolute atomic E-state index is 12.9. The van der Waals surface area contributed by atoms with Gasteiger partial charge in [-0.2, -0.15) is 13.2 Å². The first-order valence-electron chi connectivity index (χ1n) is 4.97. The summed E-state index contributed by atoms with van der Waals surface area (Å²) >= 11 is 11.2. The van der Waals surface area contributed by atoms with Gasteiger partial charge in [0.25, 0.3) is 0 Å². The number of aromatic nitrogens is 2. The summed E-state index contributed by atoms with van der Waals surface area (Å²) in [7, 11) is 0. The molecule has 0 saturated carbocycles. The summed E-state index contributed by atoms with van der Waals surface area (Å²) in [5.41, 5.74) is -1.04. The van der Waals surface area contributed by atoms with Crippen LogP contribution in [0.4, 0.5) is 24.7 Å². The molecule has 1 aromatic heterocycles. The van der Waals surface area contributed by atoms with Crippen molar-refractivity contribution in [1.29, 1.82) is 0 Å². The monoisotopic (exact) mass is 307 g/mol. The van der Waals surface area contributed by atoms with Gasteiger partial charge in [-0.1, -0.05) is 23.2 Å². The minimum atomic E-state index is -4.52. The van der Waals surface area contributed by atoms with E-state index in [9.17, 15) is 13.2 Å². The van der Waals surface area contributed by atoms with E-state index in [0.29, 0.717) is 0 Å². The first-order chi connectivity index (χ1) is 8.86. The van der Waals surface area contributed by atoms with Crippen LogP contribution in [0, 0.1) is 0 Å². The molecule has 0 aliphatic heterocycles. The number of hydrogen-bond donors (Lipinski definition) is 1. The van der Waals surface area contributed by atoms with E-state index in [4.69, 9.17) is 23.2 Å². The van der Waals surface area contributed by atoms with Gasteiger partial charge >= 0.3 is 6.18 Å². The molecular formula is C11H6Cl2F3N3. The molecule has 1 N–H and O–H groups in total. The molecular weight excluding hydrogens is 302 g/mol. The lowest BCUT2D eigenvalue weighted by atomic mass is 10.1. The van der Waals surface area contributed by atoms with Gasteiger partial charge in [-0.15, -0.1) is 0 Å². The molecule has 0 atom stereocenters. The molecule has 0 fully saturated rings. The van der Waals surface area contributed by atoms with Gasteiger partial charge in [0.15, 0.2) is 0 Å². The van der Waals surface area contributed by atoms with E-state index >= 15 is 0 Å². The lowest BCUT2D eigenvalue weighted by molar-refractivity contribution is -0.136. The van der Waals surface area contributed by atoms with Gasteiger partial charge < -0.3 is 5.32 Å². The van der Waals surface area contributed by atoms with E-state index in [1.807, 2.05) is 0 Å². The number of nitrogens with zero attached hydrogens (tertiary/aromatic N) is 2. The molecule has 0 bridgehead atoms. The third-order valence-corrected chi connectivity index (χ3v) is 2.63. The molecule has 2 rings (SSSR count). The summed E-state index contributed by atoms with van der Waals surface area (Å²) in [4.78, 5) is 7.41. The van der Waals surface area contributed by atoms with Gasteiger partial charge in [-0.3, -0.25) is 0 Å². The molecule has 3 nitrogen and oxygen atoms in total. The number of anilines is 2. The average molecular weight is 308 g/mol. The lowest BCUT2D eigenvalue weighted by Crippen LogP contribution is -2.09. The predicted molar refractivity (Wildman–Crippen MR) is 66.8 cm³/mol. The molecule has 8 heteroatoms. The maximum atomic E-state index is 12.9. The smallest absolute Gasteiger partial charge is 0.340 e. The van der Waals surface area contributed by atoms with Gasteiger partial charge in [-0.05, 0) is 18.2 Å². The first kappa shape index (κ1) is 13.9. The number of halogens is 5. The minimum Gasteiger partial charge on any atom is -0.340 e. The van der Waals surface area contributed by atoms with Gasteiger partial charge in [-0.25, -0.2) is 9.97 Å². The molecule has 0 amide bonds. The number of benzene rings is 1. The van der Waals surface area contributed by atoms with Crippen molar-refractivity contribution < 1.29 is 13.2 Å². The second kappa shape index (κ2) is 5.22. The molecule has 100 valence electrons. The Morgan fingerprint density at radius 2 is 1.79 bits per heavy atom. The maximum Gasteiger partial charge on any atom is 0.418 e. The highest BCUT2D eigenvalue weighted by atomic mass is 35.5. The van der Waals surface area contributed by atoms with Crippen LogP contribution in [-0.4, -0.2) is 9.97 Å². The molecule has 19 heavy (non-hydrogen) atoms.